The number of hydrogen-bond donors (Lipinski definition) is 1. The summed E-state index contributed by atoms with van der Waals surface area (Å²) in [6.07, 6.45) is 4.58. The van der Waals surface area contributed by atoms with E-state index >= 15 is 0 Å². The van der Waals surface area contributed by atoms with E-state index in [1.807, 2.05) is 0 Å². The number of rotatable bonds is 14. The van der Waals surface area contributed by atoms with E-state index in [-0.39, 0.29) is 5.92 Å². The van der Waals surface area contributed by atoms with Crippen LogP contribution in [0.1, 0.15) is 78.8 Å². The van der Waals surface area contributed by atoms with Crippen LogP contribution < -0.4 is 9.80 Å². The van der Waals surface area contributed by atoms with Gasteiger partial charge in [0, 0.05) is 52.7 Å². The lowest BCUT2D eigenvalue weighted by Gasteiger charge is -2.28. The predicted molar refractivity (Wildman–Crippen MR) is 228 cm³/mol. The highest BCUT2D eigenvalue weighted by molar-refractivity contribution is 5.93. The van der Waals surface area contributed by atoms with Crippen molar-refractivity contribution >= 4 is 33.7 Å². The maximum atomic E-state index is 3.86. The Balaban J connectivity index is 1.38. The van der Waals surface area contributed by atoms with Gasteiger partial charge in [0.05, 0.1) is 5.69 Å². The number of para-hydroxylation sites is 1. The van der Waals surface area contributed by atoms with Gasteiger partial charge in [-0.2, -0.15) is 0 Å². The second kappa shape index (κ2) is 16.4. The zero-order chi connectivity index (χ0) is 36.7. The maximum Gasteiger partial charge on any atom is 0.0507 e. The van der Waals surface area contributed by atoms with E-state index < -0.39 is 0 Å². The first-order chi connectivity index (χ1) is 25.9. The predicted octanol–water partition coefficient (Wildman–Crippen LogP) is 13.8. The Kier molecular flexibility index (Phi) is 11.1. The summed E-state index contributed by atoms with van der Waals surface area (Å²) >= 11 is 0. The van der Waals surface area contributed by atoms with Gasteiger partial charge in [-0.25, -0.2) is 0 Å². The lowest BCUT2D eigenvalue weighted by molar-refractivity contribution is 0.785. The minimum atomic E-state index is 0.0105. The first-order valence-corrected chi connectivity index (χ1v) is 19.5. The third kappa shape index (κ3) is 7.81. The number of unbranched alkanes of at least 4 members (excludes halogenated alkanes) is 2. The fourth-order valence-corrected chi connectivity index (χ4v) is 7.69. The van der Waals surface area contributed by atoms with Crippen LogP contribution in [0, 0.1) is 20.8 Å². The number of benzene rings is 6. The van der Waals surface area contributed by atoms with E-state index in [2.05, 4.69) is 195 Å². The second-order valence-electron chi connectivity index (χ2n) is 14.6. The van der Waals surface area contributed by atoms with Gasteiger partial charge in [-0.1, -0.05) is 129 Å². The summed E-state index contributed by atoms with van der Waals surface area (Å²) in [6.45, 7) is 13.1. The highest BCUT2D eigenvalue weighted by atomic mass is 15.1. The summed E-state index contributed by atoms with van der Waals surface area (Å²) in [6, 6.07) is 54.1. The number of aromatic amines is 1. The summed E-state index contributed by atoms with van der Waals surface area (Å²) in [7, 11) is 0. The Morgan fingerprint density at radius 3 is 1.60 bits per heavy atom. The van der Waals surface area contributed by atoms with Gasteiger partial charge in [0.15, 0.2) is 0 Å². The van der Waals surface area contributed by atoms with Crippen molar-refractivity contribution in [3.63, 3.8) is 0 Å². The Labute approximate surface area is 317 Å². The van der Waals surface area contributed by atoms with Gasteiger partial charge in [-0.3, -0.25) is 0 Å². The molecule has 7 aromatic rings. The van der Waals surface area contributed by atoms with Gasteiger partial charge in [-0.15, -0.1) is 0 Å². The van der Waals surface area contributed by atoms with Crippen molar-refractivity contribution < 1.29 is 0 Å². The first kappa shape index (κ1) is 35.8. The zero-order valence-corrected chi connectivity index (χ0v) is 32.1. The number of aryl methyl sites for hydroxylation is 3. The standard InChI is InChI=1S/C50H53N3/c1-6-8-33-52(41-25-19-36(3)20-26-41)43-29-23-39(24-30-43)48(49-46-17-13-14-18-47(46)51-50(49)40-15-11-10-12-16-40)45-32-31-44(35-38(45)5)53(34-9-7-2)42-27-21-37(4)22-28-42/h10-32,35,48,51H,6-9,33-34H2,1-5H3. The van der Waals surface area contributed by atoms with E-state index in [0.717, 1.165) is 44.3 Å². The fraction of sp³-hybridized carbons (Fsp3) is 0.240. The number of anilines is 4. The molecule has 7 rings (SSSR count). The Hall–Kier alpha value is -5.54. The normalized spacial score (nSPS) is 11.9. The first-order valence-electron chi connectivity index (χ1n) is 19.5. The van der Waals surface area contributed by atoms with Crippen LogP contribution in [0.3, 0.4) is 0 Å². The monoisotopic (exact) mass is 695 g/mol. The molecular formula is C50H53N3. The van der Waals surface area contributed by atoms with Gasteiger partial charge in [-0.05, 0) is 116 Å². The number of nitrogens with one attached hydrogen (secondary N) is 1. The number of fused-ring (bicyclic) bond motifs is 1. The van der Waals surface area contributed by atoms with Gasteiger partial charge >= 0.3 is 0 Å². The molecule has 0 spiro atoms. The van der Waals surface area contributed by atoms with Crippen molar-refractivity contribution in [1.82, 2.24) is 4.98 Å². The molecule has 3 nitrogen and oxygen atoms in total. The SMILES string of the molecule is CCCCN(c1ccc(C)cc1)c1ccc(C(c2ccc(N(CCCC)c3ccc(C)cc3)cc2C)c2c(-c3ccccc3)[nH]c3ccccc23)cc1. The quantitative estimate of drug-likeness (QED) is 0.122. The molecule has 0 amide bonds. The van der Waals surface area contributed by atoms with Gasteiger partial charge in [0.1, 0.15) is 0 Å². The molecule has 268 valence electrons. The summed E-state index contributed by atoms with van der Waals surface area (Å²) in [5.41, 5.74) is 16.3. The second-order valence-corrected chi connectivity index (χ2v) is 14.6. The van der Waals surface area contributed by atoms with Crippen molar-refractivity contribution in [3.05, 3.63) is 179 Å². The largest absolute Gasteiger partial charge is 0.354 e. The molecule has 1 N–H and O–H groups in total. The minimum Gasteiger partial charge on any atom is -0.354 e. The molecular weight excluding hydrogens is 643 g/mol. The molecule has 6 aromatic carbocycles. The van der Waals surface area contributed by atoms with Crippen LogP contribution in [0.5, 0.6) is 0 Å². The third-order valence-electron chi connectivity index (χ3n) is 10.7. The van der Waals surface area contributed by atoms with E-state index in [1.54, 1.807) is 0 Å². The summed E-state index contributed by atoms with van der Waals surface area (Å²) in [5, 5.41) is 1.26. The van der Waals surface area contributed by atoms with Crippen molar-refractivity contribution in [3.8, 4) is 11.3 Å². The molecule has 1 heterocycles. The molecule has 1 atom stereocenters. The van der Waals surface area contributed by atoms with E-state index in [9.17, 15) is 0 Å². The van der Waals surface area contributed by atoms with Crippen LogP contribution in [-0.2, 0) is 0 Å². The molecule has 1 unspecified atom stereocenters. The van der Waals surface area contributed by atoms with Gasteiger partial charge in [0.2, 0.25) is 0 Å². The average molecular weight is 696 g/mol. The molecule has 0 radical (unpaired) electrons. The molecule has 0 saturated heterocycles. The molecule has 0 bridgehead atoms. The molecule has 0 saturated carbocycles. The lowest BCUT2D eigenvalue weighted by Crippen LogP contribution is -2.19. The van der Waals surface area contributed by atoms with Crippen molar-refractivity contribution in [2.45, 2.75) is 66.2 Å². The number of H-pyrrole nitrogens is 1. The molecule has 0 fully saturated rings. The molecule has 1 aromatic heterocycles. The highest BCUT2D eigenvalue weighted by Gasteiger charge is 2.27. The van der Waals surface area contributed by atoms with Crippen molar-refractivity contribution in [2.75, 3.05) is 22.9 Å². The topological polar surface area (TPSA) is 22.3 Å². The van der Waals surface area contributed by atoms with E-state index in [0.29, 0.717) is 0 Å². The van der Waals surface area contributed by atoms with Gasteiger partial charge < -0.3 is 14.8 Å². The smallest absolute Gasteiger partial charge is 0.0507 e. The molecule has 0 aliphatic rings. The van der Waals surface area contributed by atoms with Crippen LogP contribution >= 0.6 is 0 Å². The van der Waals surface area contributed by atoms with Crippen LogP contribution in [-0.4, -0.2) is 18.1 Å². The third-order valence-corrected chi connectivity index (χ3v) is 10.7. The molecule has 3 heteroatoms. The van der Waals surface area contributed by atoms with Gasteiger partial charge in [0.25, 0.3) is 0 Å². The number of nitrogens with zero attached hydrogens (tertiary/aromatic N) is 2. The number of hydrogen-bond acceptors (Lipinski definition) is 2. The molecule has 53 heavy (non-hydrogen) atoms. The molecule has 0 aliphatic carbocycles. The minimum absolute atomic E-state index is 0.0105. The summed E-state index contributed by atoms with van der Waals surface area (Å²) in [4.78, 5) is 8.82. The van der Waals surface area contributed by atoms with Crippen molar-refractivity contribution in [1.29, 1.82) is 0 Å². The summed E-state index contributed by atoms with van der Waals surface area (Å²) < 4.78 is 0. The van der Waals surface area contributed by atoms with E-state index in [1.165, 1.54) is 72.8 Å². The zero-order valence-electron chi connectivity index (χ0n) is 32.1. The van der Waals surface area contributed by atoms with E-state index in [4.69, 9.17) is 0 Å². The van der Waals surface area contributed by atoms with Crippen LogP contribution in [0.2, 0.25) is 0 Å². The van der Waals surface area contributed by atoms with Crippen LogP contribution in [0.25, 0.3) is 22.2 Å². The maximum absolute atomic E-state index is 3.86. The summed E-state index contributed by atoms with van der Waals surface area (Å²) in [5.74, 6) is 0.0105. The van der Waals surface area contributed by atoms with Crippen LogP contribution in [0.15, 0.2) is 146 Å². The lowest BCUT2D eigenvalue weighted by atomic mass is 9.80. The number of aromatic nitrogens is 1. The van der Waals surface area contributed by atoms with Crippen LogP contribution in [0.4, 0.5) is 22.7 Å². The Bertz CT molecular complexity index is 2230. The molecule has 0 aliphatic heterocycles. The fourth-order valence-electron chi connectivity index (χ4n) is 7.69. The Morgan fingerprint density at radius 1 is 0.528 bits per heavy atom. The van der Waals surface area contributed by atoms with Crippen molar-refractivity contribution in [2.24, 2.45) is 0 Å². The highest BCUT2D eigenvalue weighted by Crippen LogP contribution is 2.44. The Morgan fingerprint density at radius 2 is 1.04 bits per heavy atom. The average Bonchev–Trinajstić information content (AvgIpc) is 3.57.